The Labute approximate surface area is 201 Å². The lowest BCUT2D eigenvalue weighted by atomic mass is 9.86. The SMILES string of the molecule is CCc1ccc(N=C2NC(=O)/C(=C/c3cc4c(cc3C)N(C(C)C)C(C)(C)C=C4C)S2)cc1. The molecule has 4 nitrogen and oxygen atoms in total. The van der Waals surface area contributed by atoms with E-state index in [4.69, 9.17) is 0 Å². The maximum Gasteiger partial charge on any atom is 0.264 e. The number of hydrogen-bond donors (Lipinski definition) is 1. The smallest absolute Gasteiger partial charge is 0.264 e. The number of carbonyl (C=O) groups excluding carboxylic acids is 1. The summed E-state index contributed by atoms with van der Waals surface area (Å²) in [6.07, 6.45) is 5.33. The zero-order valence-corrected chi connectivity index (χ0v) is 21.4. The number of hydrogen-bond acceptors (Lipinski definition) is 4. The fourth-order valence-electron chi connectivity index (χ4n) is 4.86. The molecule has 172 valence electrons. The zero-order valence-electron chi connectivity index (χ0n) is 20.6. The van der Waals surface area contributed by atoms with Gasteiger partial charge in [0.2, 0.25) is 0 Å². The Hall–Kier alpha value is -2.79. The van der Waals surface area contributed by atoms with E-state index in [1.54, 1.807) is 0 Å². The molecule has 1 saturated heterocycles. The summed E-state index contributed by atoms with van der Waals surface area (Å²) in [6, 6.07) is 13.0. The monoisotopic (exact) mass is 459 g/mol. The van der Waals surface area contributed by atoms with Crippen LogP contribution in [0.1, 0.15) is 63.8 Å². The largest absolute Gasteiger partial charge is 0.360 e. The fraction of sp³-hybridized carbons (Fsp3) is 0.357. The summed E-state index contributed by atoms with van der Waals surface area (Å²) >= 11 is 1.40. The second kappa shape index (κ2) is 8.86. The normalized spacial score (nSPS) is 19.8. The molecule has 0 spiro atoms. The summed E-state index contributed by atoms with van der Waals surface area (Å²) in [4.78, 5) is 20.4. The molecule has 1 N–H and O–H groups in total. The van der Waals surface area contributed by atoms with Crippen LogP contribution in [0.15, 0.2) is 52.4 Å². The summed E-state index contributed by atoms with van der Waals surface area (Å²) in [5.41, 5.74) is 8.06. The van der Waals surface area contributed by atoms with Crippen molar-refractivity contribution in [3.63, 3.8) is 0 Å². The first-order chi connectivity index (χ1) is 15.6. The number of fused-ring (bicyclic) bond motifs is 1. The first kappa shape index (κ1) is 23.4. The van der Waals surface area contributed by atoms with Gasteiger partial charge in [0, 0.05) is 17.3 Å². The van der Waals surface area contributed by atoms with Crippen molar-refractivity contribution in [1.82, 2.24) is 5.32 Å². The van der Waals surface area contributed by atoms with Crippen molar-refractivity contribution < 1.29 is 4.79 Å². The maximum absolute atomic E-state index is 12.7. The highest BCUT2D eigenvalue weighted by molar-refractivity contribution is 8.18. The first-order valence-electron chi connectivity index (χ1n) is 11.6. The molecule has 0 saturated carbocycles. The van der Waals surface area contributed by atoms with Gasteiger partial charge >= 0.3 is 0 Å². The van der Waals surface area contributed by atoms with Crippen LogP contribution in [0.25, 0.3) is 11.6 Å². The van der Waals surface area contributed by atoms with Gasteiger partial charge in [-0.1, -0.05) is 25.1 Å². The van der Waals surface area contributed by atoms with Gasteiger partial charge in [-0.25, -0.2) is 4.99 Å². The number of amidine groups is 1. The van der Waals surface area contributed by atoms with Crippen LogP contribution in [0, 0.1) is 6.92 Å². The van der Waals surface area contributed by atoms with Crippen LogP contribution in [-0.2, 0) is 11.2 Å². The highest BCUT2D eigenvalue weighted by Gasteiger charge is 2.33. The lowest BCUT2D eigenvalue weighted by Crippen LogP contribution is -2.49. The standard InChI is InChI=1S/C28H33N3OS/c1-8-20-9-11-22(12-10-20)29-27-30-26(32)25(33-27)15-21-14-23-19(5)16-28(6,7)31(17(2)3)24(23)13-18(21)4/h9-17H,8H2,1-7H3,(H,29,30,32)/b25-15-. The Kier molecular flexibility index (Phi) is 6.28. The molecule has 2 aromatic rings. The van der Waals surface area contributed by atoms with Gasteiger partial charge in [0.1, 0.15) is 0 Å². The van der Waals surface area contributed by atoms with Gasteiger partial charge < -0.3 is 10.2 Å². The minimum atomic E-state index is -0.0988. The number of anilines is 1. The third-order valence-corrected chi connectivity index (χ3v) is 7.20. The van der Waals surface area contributed by atoms with E-state index in [0.29, 0.717) is 16.1 Å². The number of rotatable bonds is 4. The van der Waals surface area contributed by atoms with Crippen LogP contribution >= 0.6 is 11.8 Å². The summed E-state index contributed by atoms with van der Waals surface area (Å²) < 4.78 is 0. The number of carbonyl (C=O) groups is 1. The van der Waals surface area contributed by atoms with Crippen LogP contribution < -0.4 is 10.2 Å². The van der Waals surface area contributed by atoms with Gasteiger partial charge in [-0.3, -0.25) is 4.79 Å². The number of nitrogens with one attached hydrogen (secondary N) is 1. The summed E-state index contributed by atoms with van der Waals surface area (Å²) in [6.45, 7) is 15.4. The Bertz CT molecular complexity index is 1190. The number of nitrogens with zero attached hydrogens (tertiary/aromatic N) is 2. The molecule has 1 fully saturated rings. The van der Waals surface area contributed by atoms with Crippen LogP contribution in [0.5, 0.6) is 0 Å². The van der Waals surface area contributed by atoms with Crippen LogP contribution in [0.2, 0.25) is 0 Å². The molecule has 0 aromatic heterocycles. The number of aliphatic imine (C=N–C) groups is 1. The van der Waals surface area contributed by atoms with Crippen molar-refractivity contribution in [3.05, 3.63) is 69.6 Å². The third-order valence-electron chi connectivity index (χ3n) is 6.29. The molecule has 0 unspecified atom stereocenters. The fourth-order valence-corrected chi connectivity index (χ4v) is 5.69. The molecule has 5 heteroatoms. The highest BCUT2D eigenvalue weighted by atomic mass is 32.2. The van der Waals surface area contributed by atoms with E-state index in [2.05, 4.69) is 94.0 Å². The van der Waals surface area contributed by atoms with E-state index in [1.165, 1.54) is 34.1 Å². The lowest BCUT2D eigenvalue weighted by molar-refractivity contribution is -0.115. The summed E-state index contributed by atoms with van der Waals surface area (Å²) in [5.74, 6) is -0.0988. The Balaban J connectivity index is 1.66. The van der Waals surface area contributed by atoms with E-state index < -0.39 is 0 Å². The van der Waals surface area contributed by atoms with Crippen molar-refractivity contribution in [3.8, 4) is 0 Å². The molecular weight excluding hydrogens is 426 g/mol. The second-order valence-corrected chi connectivity index (χ2v) is 10.7. The van der Waals surface area contributed by atoms with E-state index in [9.17, 15) is 4.79 Å². The van der Waals surface area contributed by atoms with Gasteiger partial charge in [-0.15, -0.1) is 0 Å². The molecule has 2 aliphatic rings. The summed E-state index contributed by atoms with van der Waals surface area (Å²) in [7, 11) is 0. The quantitative estimate of drug-likeness (QED) is 0.508. The number of aryl methyl sites for hydroxylation is 2. The third kappa shape index (κ3) is 4.65. The first-order valence-corrected chi connectivity index (χ1v) is 12.4. The molecule has 2 heterocycles. The predicted octanol–water partition coefficient (Wildman–Crippen LogP) is 6.86. The van der Waals surface area contributed by atoms with Gasteiger partial charge in [0.25, 0.3) is 5.91 Å². The number of thioether (sulfide) groups is 1. The molecule has 2 aromatic carbocycles. The van der Waals surface area contributed by atoms with E-state index in [0.717, 1.165) is 23.2 Å². The molecule has 0 atom stereocenters. The van der Waals surface area contributed by atoms with Gasteiger partial charge in [0.15, 0.2) is 5.17 Å². The van der Waals surface area contributed by atoms with Crippen LogP contribution in [0.4, 0.5) is 11.4 Å². The summed E-state index contributed by atoms with van der Waals surface area (Å²) in [5, 5.41) is 3.53. The van der Waals surface area contributed by atoms with Crippen molar-refractivity contribution >= 4 is 45.9 Å². The molecular formula is C28H33N3OS. The Morgan fingerprint density at radius 2 is 1.85 bits per heavy atom. The molecule has 0 aliphatic carbocycles. The molecule has 2 aliphatic heterocycles. The average molecular weight is 460 g/mol. The van der Waals surface area contributed by atoms with Crippen molar-refractivity contribution in [2.24, 2.45) is 4.99 Å². The van der Waals surface area contributed by atoms with E-state index in [-0.39, 0.29) is 11.4 Å². The van der Waals surface area contributed by atoms with Crippen molar-refractivity contribution in [2.75, 3.05) is 4.90 Å². The number of benzene rings is 2. The Morgan fingerprint density at radius 3 is 2.48 bits per heavy atom. The molecule has 1 amide bonds. The minimum Gasteiger partial charge on any atom is -0.360 e. The molecule has 0 bridgehead atoms. The van der Waals surface area contributed by atoms with Crippen molar-refractivity contribution in [1.29, 1.82) is 0 Å². The lowest BCUT2D eigenvalue weighted by Gasteiger charge is -2.46. The predicted molar refractivity (Wildman–Crippen MR) is 143 cm³/mol. The number of amides is 1. The molecule has 0 radical (unpaired) electrons. The average Bonchev–Trinajstić information content (AvgIpc) is 3.07. The Morgan fingerprint density at radius 1 is 1.15 bits per heavy atom. The zero-order chi connectivity index (χ0) is 23.9. The van der Waals surface area contributed by atoms with Gasteiger partial charge in [-0.05, 0) is 112 Å². The molecule has 33 heavy (non-hydrogen) atoms. The van der Waals surface area contributed by atoms with E-state index in [1.807, 2.05) is 18.2 Å². The van der Waals surface area contributed by atoms with E-state index >= 15 is 0 Å². The van der Waals surface area contributed by atoms with Gasteiger partial charge in [-0.2, -0.15) is 0 Å². The minimum absolute atomic E-state index is 0.0421. The maximum atomic E-state index is 12.7. The number of allylic oxidation sites excluding steroid dienone is 1. The van der Waals surface area contributed by atoms with Gasteiger partial charge in [0.05, 0.1) is 16.1 Å². The van der Waals surface area contributed by atoms with Crippen LogP contribution in [-0.4, -0.2) is 22.7 Å². The molecule has 4 rings (SSSR count). The highest BCUT2D eigenvalue weighted by Crippen LogP contribution is 2.42. The second-order valence-electron chi connectivity index (χ2n) is 9.67. The van der Waals surface area contributed by atoms with Crippen molar-refractivity contribution in [2.45, 2.75) is 66.5 Å². The topological polar surface area (TPSA) is 44.7 Å². The van der Waals surface area contributed by atoms with Crippen LogP contribution in [0.3, 0.4) is 0 Å².